The molecule has 1 aliphatic rings. The largest absolute Gasteiger partial charge is 0.462 e. The molecule has 1 fully saturated rings. The molecule has 0 saturated heterocycles. The van der Waals surface area contributed by atoms with E-state index in [1.807, 2.05) is 0 Å². The lowest BCUT2D eigenvalue weighted by atomic mass is 10.3. The zero-order chi connectivity index (χ0) is 9.97. The molecule has 0 N–H and O–H groups in total. The third-order valence-corrected chi connectivity index (χ3v) is 2.58. The first-order chi connectivity index (χ1) is 6.75. The van der Waals surface area contributed by atoms with Gasteiger partial charge in [-0.1, -0.05) is 0 Å². The quantitative estimate of drug-likeness (QED) is 0.615. The third kappa shape index (κ3) is 2.54. The monoisotopic (exact) mass is 255 g/mol. The van der Waals surface area contributed by atoms with Gasteiger partial charge in [0.2, 0.25) is 0 Å². The smallest absolute Gasteiger partial charge is 0.339 e. The van der Waals surface area contributed by atoms with E-state index in [1.54, 1.807) is 12.1 Å². The molecule has 3 nitrogen and oxygen atoms in total. The summed E-state index contributed by atoms with van der Waals surface area (Å²) in [6.45, 7) is 0.550. The number of esters is 1. The number of carbonyl (C=O) groups excluding carboxylic acids is 1. The van der Waals surface area contributed by atoms with Gasteiger partial charge in [0.25, 0.3) is 0 Å². The van der Waals surface area contributed by atoms with Crippen LogP contribution in [0.3, 0.4) is 0 Å². The first kappa shape index (κ1) is 9.65. The minimum atomic E-state index is -0.281. The summed E-state index contributed by atoms with van der Waals surface area (Å²) >= 11 is 3.20. The van der Waals surface area contributed by atoms with Crippen molar-refractivity contribution in [2.24, 2.45) is 5.92 Å². The van der Waals surface area contributed by atoms with Gasteiger partial charge in [0.1, 0.15) is 4.60 Å². The maximum absolute atomic E-state index is 11.4. The van der Waals surface area contributed by atoms with Crippen molar-refractivity contribution in [1.82, 2.24) is 4.98 Å². The third-order valence-electron chi connectivity index (χ3n) is 2.11. The lowest BCUT2D eigenvalue weighted by Gasteiger charge is -2.02. The zero-order valence-corrected chi connectivity index (χ0v) is 9.16. The molecule has 0 atom stereocenters. The summed E-state index contributed by atoms with van der Waals surface area (Å²) in [7, 11) is 0. The lowest BCUT2D eigenvalue weighted by Crippen LogP contribution is -2.07. The van der Waals surface area contributed by atoms with Crippen LogP contribution in [0.15, 0.2) is 22.9 Å². The highest BCUT2D eigenvalue weighted by molar-refractivity contribution is 9.10. The van der Waals surface area contributed by atoms with Crippen molar-refractivity contribution in [3.8, 4) is 0 Å². The van der Waals surface area contributed by atoms with Crippen LogP contribution in [0.2, 0.25) is 0 Å². The normalized spacial score (nSPS) is 15.2. The van der Waals surface area contributed by atoms with E-state index >= 15 is 0 Å². The Morgan fingerprint density at radius 3 is 2.93 bits per heavy atom. The number of aromatic nitrogens is 1. The Balaban J connectivity index is 1.92. The molecule has 1 aromatic heterocycles. The number of hydrogen-bond donors (Lipinski definition) is 0. The van der Waals surface area contributed by atoms with Crippen LogP contribution in [0.25, 0.3) is 0 Å². The van der Waals surface area contributed by atoms with Crippen LogP contribution >= 0.6 is 15.9 Å². The van der Waals surface area contributed by atoms with E-state index in [9.17, 15) is 4.79 Å². The van der Waals surface area contributed by atoms with Crippen molar-refractivity contribution in [2.75, 3.05) is 6.61 Å². The van der Waals surface area contributed by atoms with Crippen LogP contribution < -0.4 is 0 Å². The number of halogens is 1. The van der Waals surface area contributed by atoms with E-state index in [2.05, 4.69) is 20.9 Å². The molecule has 2 rings (SSSR count). The van der Waals surface area contributed by atoms with Gasteiger partial charge in [-0.05, 0) is 46.8 Å². The molecule has 0 unspecified atom stereocenters. The molecular formula is C10H10BrNO2. The maximum atomic E-state index is 11.4. The first-order valence-electron chi connectivity index (χ1n) is 4.54. The molecular weight excluding hydrogens is 246 g/mol. The Bertz CT molecular complexity index is 332. The second-order valence-corrected chi connectivity index (χ2v) is 4.22. The summed E-state index contributed by atoms with van der Waals surface area (Å²) in [6, 6.07) is 3.43. The van der Waals surface area contributed by atoms with E-state index in [1.165, 1.54) is 19.0 Å². The number of rotatable bonds is 3. The van der Waals surface area contributed by atoms with Crippen molar-refractivity contribution in [2.45, 2.75) is 12.8 Å². The van der Waals surface area contributed by atoms with Gasteiger partial charge in [-0.25, -0.2) is 9.78 Å². The summed E-state index contributed by atoms with van der Waals surface area (Å²) in [5, 5.41) is 0. The van der Waals surface area contributed by atoms with Crippen molar-refractivity contribution in [1.29, 1.82) is 0 Å². The summed E-state index contributed by atoms with van der Waals surface area (Å²) < 4.78 is 5.82. The molecule has 0 amide bonds. The minimum Gasteiger partial charge on any atom is -0.462 e. The SMILES string of the molecule is O=C(OCC1CC1)c1ccc(Br)nc1. The molecule has 4 heteroatoms. The lowest BCUT2D eigenvalue weighted by molar-refractivity contribution is 0.0485. The molecule has 0 bridgehead atoms. The van der Waals surface area contributed by atoms with Crippen molar-refractivity contribution in [3.05, 3.63) is 28.5 Å². The van der Waals surface area contributed by atoms with Crippen LogP contribution in [0.1, 0.15) is 23.2 Å². The van der Waals surface area contributed by atoms with Crippen molar-refractivity contribution >= 4 is 21.9 Å². The molecule has 74 valence electrons. The molecule has 0 spiro atoms. The Morgan fingerprint density at radius 2 is 2.36 bits per heavy atom. The van der Waals surface area contributed by atoms with Crippen LogP contribution in [0.5, 0.6) is 0 Å². The fourth-order valence-electron chi connectivity index (χ4n) is 1.06. The number of pyridine rings is 1. The predicted molar refractivity (Wildman–Crippen MR) is 54.9 cm³/mol. The Kier molecular flexibility index (Phi) is 2.82. The van der Waals surface area contributed by atoms with Crippen LogP contribution in [0.4, 0.5) is 0 Å². The van der Waals surface area contributed by atoms with Crippen LogP contribution in [-0.4, -0.2) is 17.6 Å². The Labute approximate surface area is 90.6 Å². The Morgan fingerprint density at radius 1 is 1.57 bits per heavy atom. The molecule has 1 aliphatic carbocycles. The van der Waals surface area contributed by atoms with Gasteiger partial charge in [-0.2, -0.15) is 0 Å². The standard InChI is InChI=1S/C10H10BrNO2/c11-9-4-3-8(5-12-9)10(13)14-6-7-1-2-7/h3-5,7H,1-2,6H2. The average molecular weight is 256 g/mol. The van der Waals surface area contributed by atoms with E-state index in [-0.39, 0.29) is 5.97 Å². The van der Waals surface area contributed by atoms with Gasteiger partial charge >= 0.3 is 5.97 Å². The van der Waals surface area contributed by atoms with Gasteiger partial charge in [0.15, 0.2) is 0 Å². The highest BCUT2D eigenvalue weighted by Crippen LogP contribution is 2.29. The number of hydrogen-bond acceptors (Lipinski definition) is 3. The highest BCUT2D eigenvalue weighted by Gasteiger charge is 2.23. The summed E-state index contributed by atoms with van der Waals surface area (Å²) in [6.07, 6.45) is 3.89. The second-order valence-electron chi connectivity index (χ2n) is 3.41. The molecule has 14 heavy (non-hydrogen) atoms. The summed E-state index contributed by atoms with van der Waals surface area (Å²) in [4.78, 5) is 15.4. The maximum Gasteiger partial charge on any atom is 0.339 e. The molecule has 0 aromatic carbocycles. The fourth-order valence-corrected chi connectivity index (χ4v) is 1.29. The number of carbonyl (C=O) groups is 1. The van der Waals surface area contributed by atoms with E-state index < -0.39 is 0 Å². The first-order valence-corrected chi connectivity index (χ1v) is 5.33. The number of nitrogens with zero attached hydrogens (tertiary/aromatic N) is 1. The van der Waals surface area contributed by atoms with Crippen molar-refractivity contribution < 1.29 is 9.53 Å². The van der Waals surface area contributed by atoms with Crippen LogP contribution in [-0.2, 0) is 4.74 Å². The van der Waals surface area contributed by atoms with Crippen molar-refractivity contribution in [3.63, 3.8) is 0 Å². The van der Waals surface area contributed by atoms with Crippen LogP contribution in [0, 0.1) is 5.92 Å². The summed E-state index contributed by atoms with van der Waals surface area (Å²) in [5.41, 5.74) is 0.508. The van der Waals surface area contributed by atoms with E-state index in [0.717, 1.165) is 4.60 Å². The molecule has 1 aromatic rings. The molecule has 1 heterocycles. The predicted octanol–water partition coefficient (Wildman–Crippen LogP) is 2.41. The molecule has 1 saturated carbocycles. The topological polar surface area (TPSA) is 39.2 Å². The Hall–Kier alpha value is -0.900. The van der Waals surface area contributed by atoms with Gasteiger partial charge in [0, 0.05) is 6.20 Å². The fraction of sp³-hybridized carbons (Fsp3) is 0.400. The van der Waals surface area contributed by atoms with Gasteiger partial charge in [-0.3, -0.25) is 0 Å². The number of ether oxygens (including phenoxy) is 1. The van der Waals surface area contributed by atoms with E-state index in [4.69, 9.17) is 4.74 Å². The van der Waals surface area contributed by atoms with Gasteiger partial charge in [-0.15, -0.1) is 0 Å². The minimum absolute atomic E-state index is 0.281. The zero-order valence-electron chi connectivity index (χ0n) is 7.57. The second kappa shape index (κ2) is 4.09. The van der Waals surface area contributed by atoms with Gasteiger partial charge < -0.3 is 4.74 Å². The molecule has 0 radical (unpaired) electrons. The molecule has 0 aliphatic heterocycles. The average Bonchev–Trinajstić information content (AvgIpc) is 2.99. The highest BCUT2D eigenvalue weighted by atomic mass is 79.9. The van der Waals surface area contributed by atoms with Gasteiger partial charge in [0.05, 0.1) is 12.2 Å². The van der Waals surface area contributed by atoms with E-state index in [0.29, 0.717) is 18.1 Å². The summed E-state index contributed by atoms with van der Waals surface area (Å²) in [5.74, 6) is 0.319.